The van der Waals surface area contributed by atoms with Crippen molar-refractivity contribution in [3.63, 3.8) is 0 Å². The van der Waals surface area contributed by atoms with Gasteiger partial charge in [0.25, 0.3) is 5.91 Å². The lowest BCUT2D eigenvalue weighted by Gasteiger charge is -2.49. The highest BCUT2D eigenvalue weighted by Crippen LogP contribution is 2.51. The number of rotatable bonds is 7. The number of carbonyl (C=O) groups excluding carboxylic acids is 3. The fourth-order valence-corrected chi connectivity index (χ4v) is 11.6. The van der Waals surface area contributed by atoms with E-state index in [1.807, 2.05) is 24.3 Å². The molecular formula is C48H51N5O7. The number of nitrogens with one attached hydrogen (secondary N) is 1. The number of anilines is 2. The Morgan fingerprint density at radius 2 is 1.75 bits per heavy atom. The van der Waals surface area contributed by atoms with E-state index in [-0.39, 0.29) is 35.8 Å². The van der Waals surface area contributed by atoms with Crippen molar-refractivity contribution in [2.45, 2.75) is 68.2 Å². The highest BCUT2D eigenvalue weighted by Gasteiger charge is 2.51. The van der Waals surface area contributed by atoms with Crippen LogP contribution in [0.5, 0.6) is 17.2 Å². The third-order valence-electron chi connectivity index (χ3n) is 14.4. The van der Waals surface area contributed by atoms with E-state index in [1.165, 1.54) is 22.3 Å². The third-order valence-corrected chi connectivity index (χ3v) is 14.4. The van der Waals surface area contributed by atoms with Gasteiger partial charge in [0.05, 0.1) is 32.0 Å². The number of methoxy groups -OCH3 is 1. The molecule has 7 aliphatic rings. The van der Waals surface area contributed by atoms with Crippen molar-refractivity contribution in [2.24, 2.45) is 5.92 Å². The number of aromatic hydroxyl groups is 1. The van der Waals surface area contributed by atoms with E-state index in [4.69, 9.17) is 14.2 Å². The number of carbonyl (C=O) groups is 3. The van der Waals surface area contributed by atoms with E-state index in [2.05, 4.69) is 74.6 Å². The first-order valence-electron chi connectivity index (χ1n) is 21.6. The molecule has 4 fully saturated rings. The van der Waals surface area contributed by atoms with E-state index in [9.17, 15) is 19.5 Å². The van der Waals surface area contributed by atoms with Crippen LogP contribution in [0.1, 0.15) is 75.7 Å². The fourth-order valence-electron chi connectivity index (χ4n) is 11.6. The summed E-state index contributed by atoms with van der Waals surface area (Å²) in [6, 6.07) is 26.8. The summed E-state index contributed by atoms with van der Waals surface area (Å²) in [5.41, 5.74) is 8.44. The molecule has 3 amide bonds. The van der Waals surface area contributed by atoms with Gasteiger partial charge in [-0.1, -0.05) is 42.5 Å². The lowest BCUT2D eigenvalue weighted by Crippen LogP contribution is -2.62. The number of benzene rings is 4. The quantitative estimate of drug-likeness (QED) is 0.241. The number of phenolic OH excluding ortho intramolecular Hbond substituents is 1. The van der Waals surface area contributed by atoms with Crippen molar-refractivity contribution < 1.29 is 33.7 Å². The van der Waals surface area contributed by atoms with Crippen LogP contribution in [0.3, 0.4) is 0 Å². The Hall–Kier alpha value is -5.59. The Kier molecular flexibility index (Phi) is 9.07. The minimum Gasteiger partial charge on any atom is -0.508 e. The van der Waals surface area contributed by atoms with Gasteiger partial charge in [-0.05, 0) is 84.5 Å². The van der Waals surface area contributed by atoms with Crippen LogP contribution in [-0.4, -0.2) is 110 Å². The van der Waals surface area contributed by atoms with Crippen LogP contribution in [0.15, 0.2) is 78.9 Å². The van der Waals surface area contributed by atoms with Crippen LogP contribution in [0.4, 0.5) is 11.4 Å². The van der Waals surface area contributed by atoms with Crippen molar-refractivity contribution in [1.29, 1.82) is 0 Å². The summed E-state index contributed by atoms with van der Waals surface area (Å²) in [5.74, 6) is 1.97. The molecule has 0 radical (unpaired) electrons. The molecule has 4 saturated heterocycles. The molecule has 6 aliphatic heterocycles. The monoisotopic (exact) mass is 809 g/mol. The zero-order valence-electron chi connectivity index (χ0n) is 34.0. The Labute approximate surface area is 350 Å². The summed E-state index contributed by atoms with van der Waals surface area (Å²) >= 11 is 0. The van der Waals surface area contributed by atoms with Gasteiger partial charge in [-0.3, -0.25) is 24.6 Å². The first-order valence-corrected chi connectivity index (χ1v) is 21.6. The van der Waals surface area contributed by atoms with Gasteiger partial charge in [0, 0.05) is 80.1 Å². The number of piperidine rings is 1. The maximum absolute atomic E-state index is 13.4. The number of hydrogen-bond acceptors (Lipinski definition) is 10. The summed E-state index contributed by atoms with van der Waals surface area (Å²) in [7, 11) is 1.77. The van der Waals surface area contributed by atoms with Crippen LogP contribution in [0.2, 0.25) is 0 Å². The SMILES string of the molecule is COc1cc(N2CC3(CC(CN4CCN5c6ccc7c(c6OC[C@H]5C4)CN([C@H]4CCC(=O)NC4=O)C7=O)CO3)C2)ccc1[C@H]1c2ccc(O)cc2CC[C@H]1c1ccccc1. The molecule has 4 aromatic rings. The molecule has 1 aliphatic carbocycles. The minimum absolute atomic E-state index is 0.114. The highest BCUT2D eigenvalue weighted by molar-refractivity contribution is 6.06. The van der Waals surface area contributed by atoms with Crippen molar-refractivity contribution in [1.82, 2.24) is 15.1 Å². The predicted octanol–water partition coefficient (Wildman–Crippen LogP) is 5.20. The minimum atomic E-state index is -0.646. The van der Waals surface area contributed by atoms with Crippen molar-refractivity contribution in [3.8, 4) is 17.2 Å². The normalized spacial score (nSPS) is 26.8. The number of imide groups is 1. The number of fused-ring (bicyclic) bond motifs is 6. The maximum atomic E-state index is 13.4. The van der Waals surface area contributed by atoms with E-state index >= 15 is 0 Å². The third kappa shape index (κ3) is 6.29. The number of nitrogens with zero attached hydrogens (tertiary/aromatic N) is 4. The van der Waals surface area contributed by atoms with Gasteiger partial charge in [0.15, 0.2) is 0 Å². The van der Waals surface area contributed by atoms with E-state index in [0.29, 0.717) is 42.7 Å². The number of ether oxygens (including phenoxy) is 3. The second-order valence-electron chi connectivity index (χ2n) is 18.0. The van der Waals surface area contributed by atoms with Gasteiger partial charge >= 0.3 is 0 Å². The lowest BCUT2D eigenvalue weighted by molar-refractivity contribution is -0.136. The average Bonchev–Trinajstić information content (AvgIpc) is 3.83. The molecule has 4 aromatic carbocycles. The molecule has 0 bridgehead atoms. The molecule has 0 saturated carbocycles. The number of aryl methyl sites for hydroxylation is 1. The molecule has 12 heteroatoms. The molecule has 12 nitrogen and oxygen atoms in total. The Bertz CT molecular complexity index is 2380. The Morgan fingerprint density at radius 3 is 2.58 bits per heavy atom. The molecule has 2 N–H and O–H groups in total. The second kappa shape index (κ2) is 14.6. The topological polar surface area (TPSA) is 124 Å². The molecule has 0 aromatic heterocycles. The average molecular weight is 810 g/mol. The highest BCUT2D eigenvalue weighted by atomic mass is 16.5. The van der Waals surface area contributed by atoms with Gasteiger partial charge in [0.2, 0.25) is 11.8 Å². The molecular weight excluding hydrogens is 759 g/mol. The fraction of sp³-hybridized carbons (Fsp3) is 0.438. The largest absolute Gasteiger partial charge is 0.508 e. The van der Waals surface area contributed by atoms with Crippen molar-refractivity contribution in [3.05, 3.63) is 112 Å². The molecule has 60 heavy (non-hydrogen) atoms. The van der Waals surface area contributed by atoms with Crippen LogP contribution in [-0.2, 0) is 27.3 Å². The summed E-state index contributed by atoms with van der Waals surface area (Å²) in [4.78, 5) is 46.8. The smallest absolute Gasteiger partial charge is 0.255 e. The molecule has 5 atom stereocenters. The summed E-state index contributed by atoms with van der Waals surface area (Å²) in [6.45, 7) is 7.04. The Balaban J connectivity index is 0.726. The second-order valence-corrected chi connectivity index (χ2v) is 18.0. The Morgan fingerprint density at radius 1 is 0.900 bits per heavy atom. The number of amides is 3. The van der Waals surface area contributed by atoms with Crippen molar-refractivity contribution >= 4 is 29.1 Å². The van der Waals surface area contributed by atoms with E-state index < -0.39 is 11.9 Å². The zero-order valence-corrected chi connectivity index (χ0v) is 34.0. The van der Waals surface area contributed by atoms with E-state index in [0.717, 1.165) is 93.6 Å². The van der Waals surface area contributed by atoms with E-state index in [1.54, 1.807) is 12.0 Å². The summed E-state index contributed by atoms with van der Waals surface area (Å²) in [6.07, 6.45) is 3.54. The molecule has 1 spiro atoms. The van der Waals surface area contributed by atoms with Gasteiger partial charge in [0.1, 0.15) is 35.5 Å². The maximum Gasteiger partial charge on any atom is 0.255 e. The molecule has 1 unspecified atom stereocenters. The number of phenols is 1. The van der Waals surface area contributed by atoms with Gasteiger partial charge < -0.3 is 34.0 Å². The standard InChI is InChI=1S/C48H51N5O7/c1-58-42-20-32(8-11-38(42)44-35(30-5-3-2-4-6-30)10-7-31-19-34(54)9-12-36(31)44)51-27-48(28-51)21-29(25-60-48)22-50-17-18-52-33(23-50)26-59-45-39-24-53(41-15-16-43(55)49-46(41)56)47(57)37(39)13-14-40(45)52/h2-6,8-9,11-14,19-20,29,33,35,41,44,54H,7,10,15-18,21-28H2,1H3,(H,49,55,56)/t29?,33-,35+,41+,44-/m1/s1. The zero-order chi connectivity index (χ0) is 40.7. The van der Waals surface area contributed by atoms with Gasteiger partial charge in [-0.2, -0.15) is 0 Å². The van der Waals surface area contributed by atoms with Crippen LogP contribution in [0, 0.1) is 5.92 Å². The molecule has 6 heterocycles. The first kappa shape index (κ1) is 37.4. The van der Waals surface area contributed by atoms with Crippen LogP contribution >= 0.6 is 0 Å². The number of hydrogen-bond donors (Lipinski definition) is 2. The summed E-state index contributed by atoms with van der Waals surface area (Å²) in [5, 5.41) is 12.7. The molecule has 310 valence electrons. The summed E-state index contributed by atoms with van der Waals surface area (Å²) < 4.78 is 19.2. The van der Waals surface area contributed by atoms with Crippen molar-refractivity contribution in [2.75, 3.05) is 69.4 Å². The predicted molar refractivity (Wildman–Crippen MR) is 225 cm³/mol. The first-order chi connectivity index (χ1) is 29.2. The number of piperazine rings is 1. The lowest BCUT2D eigenvalue weighted by atomic mass is 9.69. The van der Waals surface area contributed by atoms with Crippen LogP contribution < -0.4 is 24.6 Å². The van der Waals surface area contributed by atoms with Gasteiger partial charge in [-0.25, -0.2) is 0 Å². The van der Waals surface area contributed by atoms with Gasteiger partial charge in [-0.15, -0.1) is 0 Å². The van der Waals surface area contributed by atoms with Crippen LogP contribution in [0.25, 0.3) is 0 Å². The molecule has 11 rings (SSSR count).